The van der Waals surface area contributed by atoms with Gasteiger partial charge in [0.2, 0.25) is 0 Å². The van der Waals surface area contributed by atoms with Gasteiger partial charge < -0.3 is 14.9 Å². The third-order valence-electron chi connectivity index (χ3n) is 4.53. The SMILES string of the molecule is O=C(c1cn(CC(O)c2cccs2)nn1)N1CCN(c2ccccn2)CC1. The van der Waals surface area contributed by atoms with E-state index in [0.29, 0.717) is 18.8 Å². The number of aromatic nitrogens is 4. The maximum Gasteiger partial charge on any atom is 0.276 e. The van der Waals surface area contributed by atoms with Gasteiger partial charge in [-0.2, -0.15) is 0 Å². The standard InChI is InChI=1S/C18H20N6O2S/c25-15(16-4-3-11-27-16)13-24-12-14(20-21-24)18(26)23-9-7-22(8-10-23)17-5-1-2-6-19-17/h1-6,11-12,15,25H,7-10,13H2. The molecule has 140 valence electrons. The van der Waals surface area contributed by atoms with Crippen molar-refractivity contribution in [1.82, 2.24) is 24.9 Å². The summed E-state index contributed by atoms with van der Waals surface area (Å²) in [4.78, 5) is 21.9. The zero-order chi connectivity index (χ0) is 18.6. The van der Waals surface area contributed by atoms with Crippen molar-refractivity contribution in [3.8, 4) is 0 Å². The van der Waals surface area contributed by atoms with Gasteiger partial charge in [0.25, 0.3) is 5.91 Å². The molecule has 0 aliphatic carbocycles. The third-order valence-corrected chi connectivity index (χ3v) is 5.50. The zero-order valence-electron chi connectivity index (χ0n) is 14.7. The third kappa shape index (κ3) is 3.99. The molecule has 27 heavy (non-hydrogen) atoms. The van der Waals surface area contributed by atoms with Crippen molar-refractivity contribution in [2.24, 2.45) is 0 Å². The Labute approximate surface area is 160 Å². The number of rotatable bonds is 5. The molecule has 0 aromatic carbocycles. The lowest BCUT2D eigenvalue weighted by molar-refractivity contribution is 0.0740. The van der Waals surface area contributed by atoms with E-state index in [9.17, 15) is 9.90 Å². The molecular weight excluding hydrogens is 364 g/mol. The van der Waals surface area contributed by atoms with Crippen LogP contribution in [0.3, 0.4) is 0 Å². The molecular formula is C18H20N6O2S. The van der Waals surface area contributed by atoms with Crippen LogP contribution < -0.4 is 4.90 Å². The summed E-state index contributed by atoms with van der Waals surface area (Å²) in [6, 6.07) is 9.59. The molecule has 1 atom stereocenters. The second kappa shape index (κ2) is 7.85. The van der Waals surface area contributed by atoms with Crippen molar-refractivity contribution in [2.75, 3.05) is 31.1 Å². The summed E-state index contributed by atoms with van der Waals surface area (Å²) in [6.45, 7) is 2.95. The van der Waals surface area contributed by atoms with Gasteiger partial charge in [-0.3, -0.25) is 4.79 Å². The van der Waals surface area contributed by atoms with Crippen molar-refractivity contribution in [3.63, 3.8) is 0 Å². The van der Waals surface area contributed by atoms with E-state index in [1.54, 1.807) is 17.3 Å². The van der Waals surface area contributed by atoms with Gasteiger partial charge in [-0.25, -0.2) is 9.67 Å². The van der Waals surface area contributed by atoms with Gasteiger partial charge in [-0.15, -0.1) is 16.4 Å². The number of anilines is 1. The summed E-state index contributed by atoms with van der Waals surface area (Å²) >= 11 is 1.49. The van der Waals surface area contributed by atoms with Gasteiger partial charge in [0.1, 0.15) is 11.9 Å². The summed E-state index contributed by atoms with van der Waals surface area (Å²) in [6.07, 6.45) is 2.72. The van der Waals surface area contributed by atoms with E-state index >= 15 is 0 Å². The fraction of sp³-hybridized carbons (Fsp3) is 0.333. The molecule has 1 N–H and O–H groups in total. The van der Waals surface area contributed by atoms with E-state index < -0.39 is 6.10 Å². The zero-order valence-corrected chi connectivity index (χ0v) is 15.5. The Morgan fingerprint density at radius 3 is 2.74 bits per heavy atom. The number of hydrogen-bond donors (Lipinski definition) is 1. The van der Waals surface area contributed by atoms with Crippen LogP contribution in [-0.4, -0.2) is 62.1 Å². The number of amides is 1. The first-order valence-electron chi connectivity index (χ1n) is 8.77. The van der Waals surface area contributed by atoms with Crippen molar-refractivity contribution in [1.29, 1.82) is 0 Å². The van der Waals surface area contributed by atoms with Crippen LogP contribution in [0.1, 0.15) is 21.5 Å². The molecule has 1 saturated heterocycles. The number of nitrogens with zero attached hydrogens (tertiary/aromatic N) is 6. The highest BCUT2D eigenvalue weighted by atomic mass is 32.1. The Hall–Kier alpha value is -2.78. The molecule has 0 spiro atoms. The minimum atomic E-state index is -0.656. The van der Waals surface area contributed by atoms with Gasteiger partial charge in [0.15, 0.2) is 5.69 Å². The van der Waals surface area contributed by atoms with Crippen LogP contribution in [0.5, 0.6) is 0 Å². The van der Waals surface area contributed by atoms with E-state index in [2.05, 4.69) is 20.2 Å². The normalized spacial score (nSPS) is 15.7. The number of pyridine rings is 1. The van der Waals surface area contributed by atoms with Crippen LogP contribution in [0.15, 0.2) is 48.1 Å². The van der Waals surface area contributed by atoms with Crippen LogP contribution >= 0.6 is 11.3 Å². The number of hydrogen-bond acceptors (Lipinski definition) is 7. The summed E-state index contributed by atoms with van der Waals surface area (Å²) in [5.41, 5.74) is 0.305. The van der Waals surface area contributed by atoms with Crippen molar-refractivity contribution < 1.29 is 9.90 Å². The summed E-state index contributed by atoms with van der Waals surface area (Å²) < 4.78 is 1.52. The molecule has 3 aromatic rings. The lowest BCUT2D eigenvalue weighted by atomic mass is 10.2. The average Bonchev–Trinajstić information content (AvgIpc) is 3.40. The maximum atomic E-state index is 12.7. The largest absolute Gasteiger partial charge is 0.386 e. The first-order chi connectivity index (χ1) is 13.2. The van der Waals surface area contributed by atoms with Crippen molar-refractivity contribution >= 4 is 23.1 Å². The quantitative estimate of drug-likeness (QED) is 0.716. The average molecular weight is 384 g/mol. The predicted molar refractivity (Wildman–Crippen MR) is 102 cm³/mol. The topological polar surface area (TPSA) is 87.4 Å². The maximum absolute atomic E-state index is 12.7. The number of carbonyl (C=O) groups excluding carboxylic acids is 1. The van der Waals surface area contributed by atoms with Gasteiger partial charge in [0, 0.05) is 37.3 Å². The Morgan fingerprint density at radius 1 is 1.19 bits per heavy atom. The Morgan fingerprint density at radius 2 is 2.04 bits per heavy atom. The van der Waals surface area contributed by atoms with E-state index in [-0.39, 0.29) is 12.5 Å². The molecule has 1 fully saturated rings. The molecule has 4 heterocycles. The van der Waals surface area contributed by atoms with Gasteiger partial charge >= 0.3 is 0 Å². The number of carbonyl (C=O) groups is 1. The first kappa shape index (κ1) is 17.6. The molecule has 0 bridgehead atoms. The first-order valence-corrected chi connectivity index (χ1v) is 9.65. The lowest BCUT2D eigenvalue weighted by Gasteiger charge is -2.35. The highest BCUT2D eigenvalue weighted by molar-refractivity contribution is 7.10. The highest BCUT2D eigenvalue weighted by Crippen LogP contribution is 2.20. The molecule has 1 aliphatic rings. The van der Waals surface area contributed by atoms with Crippen LogP contribution in [0.2, 0.25) is 0 Å². The second-order valence-electron chi connectivity index (χ2n) is 6.32. The molecule has 0 saturated carbocycles. The van der Waals surface area contributed by atoms with Gasteiger partial charge in [0.05, 0.1) is 12.7 Å². The number of piperazine rings is 1. The minimum absolute atomic E-state index is 0.132. The van der Waals surface area contributed by atoms with Crippen LogP contribution in [0, 0.1) is 0 Å². The van der Waals surface area contributed by atoms with Crippen LogP contribution in [-0.2, 0) is 6.54 Å². The van der Waals surface area contributed by atoms with Crippen LogP contribution in [0.4, 0.5) is 5.82 Å². The second-order valence-corrected chi connectivity index (χ2v) is 7.30. The lowest BCUT2D eigenvalue weighted by Crippen LogP contribution is -2.49. The number of thiophene rings is 1. The van der Waals surface area contributed by atoms with Crippen LogP contribution in [0.25, 0.3) is 0 Å². The van der Waals surface area contributed by atoms with Gasteiger partial charge in [-0.1, -0.05) is 17.3 Å². The van der Waals surface area contributed by atoms with E-state index in [4.69, 9.17) is 0 Å². The summed E-state index contributed by atoms with van der Waals surface area (Å²) in [7, 11) is 0. The molecule has 9 heteroatoms. The molecule has 1 aliphatic heterocycles. The predicted octanol–water partition coefficient (Wildman–Crippen LogP) is 1.43. The Kier molecular flexibility index (Phi) is 5.12. The monoisotopic (exact) mass is 384 g/mol. The smallest absolute Gasteiger partial charge is 0.276 e. The summed E-state index contributed by atoms with van der Waals surface area (Å²) in [5, 5.41) is 20.1. The summed E-state index contributed by atoms with van der Waals surface area (Å²) in [5.74, 6) is 0.797. The Bertz CT molecular complexity index is 874. The van der Waals surface area contributed by atoms with E-state index in [0.717, 1.165) is 23.8 Å². The molecule has 0 radical (unpaired) electrons. The van der Waals surface area contributed by atoms with Crippen molar-refractivity contribution in [3.05, 3.63) is 58.7 Å². The molecule has 1 amide bonds. The molecule has 8 nitrogen and oxygen atoms in total. The van der Waals surface area contributed by atoms with Gasteiger partial charge in [-0.05, 0) is 23.6 Å². The number of aliphatic hydroxyl groups is 1. The van der Waals surface area contributed by atoms with Crippen molar-refractivity contribution in [2.45, 2.75) is 12.6 Å². The molecule has 3 aromatic heterocycles. The van der Waals surface area contributed by atoms with E-state index in [1.165, 1.54) is 16.0 Å². The molecule has 1 unspecified atom stereocenters. The fourth-order valence-electron chi connectivity index (χ4n) is 3.08. The minimum Gasteiger partial charge on any atom is -0.386 e. The number of aliphatic hydroxyl groups excluding tert-OH is 1. The van der Waals surface area contributed by atoms with E-state index in [1.807, 2.05) is 35.7 Å². The Balaban J connectivity index is 1.34. The highest BCUT2D eigenvalue weighted by Gasteiger charge is 2.25. The molecule has 4 rings (SSSR count). The fourth-order valence-corrected chi connectivity index (χ4v) is 3.78.